The highest BCUT2D eigenvalue weighted by molar-refractivity contribution is 7.92. The molecule has 2 N–H and O–H groups in total. The Morgan fingerprint density at radius 3 is 2.76 bits per heavy atom. The molecule has 0 saturated carbocycles. The number of hydrogen-bond donors (Lipinski definition) is 2. The van der Waals surface area contributed by atoms with Gasteiger partial charge < -0.3 is 0 Å². The van der Waals surface area contributed by atoms with Crippen molar-refractivity contribution in [3.63, 3.8) is 0 Å². The quantitative estimate of drug-likeness (QED) is 0.776. The van der Waals surface area contributed by atoms with Crippen molar-refractivity contribution in [2.45, 2.75) is 11.8 Å². The minimum Gasteiger partial charge on any atom is -0.277 e. The summed E-state index contributed by atoms with van der Waals surface area (Å²) in [7, 11) is -3.74. The molecule has 0 unspecified atom stereocenters. The lowest BCUT2D eigenvalue weighted by Crippen LogP contribution is -2.13. The number of nitrogens with zero attached hydrogens (tertiary/aromatic N) is 2. The van der Waals surface area contributed by atoms with E-state index in [2.05, 4.69) is 20.1 Å². The Bertz CT molecular complexity index is 921. The Morgan fingerprint density at radius 1 is 1.19 bits per heavy atom. The first kappa shape index (κ1) is 13.8. The predicted molar refractivity (Wildman–Crippen MR) is 80.9 cm³/mol. The Kier molecular flexibility index (Phi) is 3.30. The van der Waals surface area contributed by atoms with E-state index in [-0.39, 0.29) is 4.90 Å². The maximum Gasteiger partial charge on any atom is 0.262 e. The lowest BCUT2D eigenvalue weighted by atomic mass is 10.2. The van der Waals surface area contributed by atoms with Crippen molar-refractivity contribution in [3.05, 3.63) is 47.0 Å². The van der Waals surface area contributed by atoms with E-state index in [4.69, 9.17) is 11.6 Å². The van der Waals surface area contributed by atoms with Crippen LogP contribution in [0.5, 0.6) is 0 Å². The van der Waals surface area contributed by atoms with E-state index >= 15 is 0 Å². The molecular weight excluding hydrogens is 312 g/mol. The van der Waals surface area contributed by atoms with Crippen molar-refractivity contribution in [3.8, 4) is 0 Å². The van der Waals surface area contributed by atoms with Crippen LogP contribution in [0.4, 0.5) is 5.69 Å². The van der Waals surface area contributed by atoms with Gasteiger partial charge >= 0.3 is 0 Å². The van der Waals surface area contributed by atoms with Crippen molar-refractivity contribution < 1.29 is 8.42 Å². The highest BCUT2D eigenvalue weighted by Crippen LogP contribution is 2.25. The smallest absolute Gasteiger partial charge is 0.262 e. The summed E-state index contributed by atoms with van der Waals surface area (Å²) in [6, 6.07) is 9.64. The lowest BCUT2D eigenvalue weighted by molar-refractivity contribution is 0.601. The van der Waals surface area contributed by atoms with E-state index in [1.165, 1.54) is 12.1 Å². The normalized spacial score (nSPS) is 11.7. The lowest BCUT2D eigenvalue weighted by Gasteiger charge is -2.09. The van der Waals surface area contributed by atoms with Crippen molar-refractivity contribution in [1.82, 2.24) is 15.4 Å². The average molecular weight is 323 g/mol. The third kappa shape index (κ3) is 2.57. The van der Waals surface area contributed by atoms with Crippen LogP contribution in [0, 0.1) is 6.92 Å². The summed E-state index contributed by atoms with van der Waals surface area (Å²) in [6.07, 6.45) is 0. The highest BCUT2D eigenvalue weighted by atomic mass is 35.5. The SMILES string of the molecule is Cc1ccc(S(=O)(=O)Nc2cccc3n[nH]nc23)cc1Cl. The highest BCUT2D eigenvalue weighted by Gasteiger charge is 2.17. The molecule has 1 heterocycles. The first-order chi connectivity index (χ1) is 9.97. The van der Waals surface area contributed by atoms with Crippen molar-refractivity contribution in [1.29, 1.82) is 0 Å². The van der Waals surface area contributed by atoms with Gasteiger partial charge in [0.2, 0.25) is 0 Å². The fourth-order valence-corrected chi connectivity index (χ4v) is 3.23. The summed E-state index contributed by atoms with van der Waals surface area (Å²) in [5, 5.41) is 10.7. The molecule has 8 heteroatoms. The molecule has 1 aromatic heterocycles. The number of rotatable bonds is 3. The summed E-state index contributed by atoms with van der Waals surface area (Å²) in [4.78, 5) is 0.0959. The topological polar surface area (TPSA) is 87.7 Å². The molecule has 0 fully saturated rings. The van der Waals surface area contributed by atoms with E-state index in [1.807, 2.05) is 6.92 Å². The van der Waals surface area contributed by atoms with Crippen molar-refractivity contribution >= 4 is 38.3 Å². The second kappa shape index (κ2) is 5.01. The summed E-state index contributed by atoms with van der Waals surface area (Å²) >= 11 is 5.98. The molecule has 0 radical (unpaired) electrons. The first-order valence-electron chi connectivity index (χ1n) is 6.06. The number of halogens is 1. The average Bonchev–Trinajstić information content (AvgIpc) is 2.91. The molecule has 21 heavy (non-hydrogen) atoms. The fraction of sp³-hybridized carbons (Fsp3) is 0.0769. The van der Waals surface area contributed by atoms with E-state index in [1.54, 1.807) is 24.3 Å². The van der Waals surface area contributed by atoms with Gasteiger partial charge in [-0.05, 0) is 36.8 Å². The number of benzene rings is 2. The maximum atomic E-state index is 12.4. The first-order valence-corrected chi connectivity index (χ1v) is 7.92. The van der Waals surface area contributed by atoms with Gasteiger partial charge in [0, 0.05) is 5.02 Å². The molecule has 0 bridgehead atoms. The minimum absolute atomic E-state index is 0.0959. The number of aromatic nitrogens is 3. The van der Waals surface area contributed by atoms with Crippen molar-refractivity contribution in [2.24, 2.45) is 0 Å². The van der Waals surface area contributed by atoms with Gasteiger partial charge in [0.25, 0.3) is 10.0 Å². The second-order valence-electron chi connectivity index (χ2n) is 4.51. The zero-order chi connectivity index (χ0) is 15.0. The van der Waals surface area contributed by atoms with Crippen LogP contribution < -0.4 is 4.72 Å². The Morgan fingerprint density at radius 2 is 2.00 bits per heavy atom. The van der Waals surface area contributed by atoms with Crippen LogP contribution in [0.25, 0.3) is 11.0 Å². The van der Waals surface area contributed by atoms with E-state index in [0.717, 1.165) is 5.56 Å². The molecule has 0 atom stereocenters. The van der Waals surface area contributed by atoms with E-state index in [9.17, 15) is 8.42 Å². The third-order valence-corrected chi connectivity index (χ3v) is 4.82. The number of aryl methyl sites for hydroxylation is 1. The Hall–Kier alpha value is -2.12. The summed E-state index contributed by atoms with van der Waals surface area (Å²) < 4.78 is 27.3. The molecule has 0 saturated heterocycles. The molecule has 6 nitrogen and oxygen atoms in total. The molecule has 3 aromatic rings. The van der Waals surface area contributed by atoms with Crippen LogP contribution in [0.2, 0.25) is 5.02 Å². The molecule has 108 valence electrons. The molecule has 0 aliphatic carbocycles. The van der Waals surface area contributed by atoms with Gasteiger partial charge in [-0.25, -0.2) is 8.42 Å². The van der Waals surface area contributed by atoms with Crippen LogP contribution in [-0.2, 0) is 10.0 Å². The number of nitrogens with one attached hydrogen (secondary N) is 2. The Labute approximate surface area is 126 Å². The molecular formula is C13H11ClN4O2S. The minimum atomic E-state index is -3.74. The van der Waals surface area contributed by atoms with Gasteiger partial charge in [-0.1, -0.05) is 23.7 Å². The zero-order valence-corrected chi connectivity index (χ0v) is 12.5. The van der Waals surface area contributed by atoms with Gasteiger partial charge in [0.15, 0.2) is 0 Å². The molecule has 3 rings (SSSR count). The van der Waals surface area contributed by atoms with E-state index < -0.39 is 10.0 Å². The maximum absolute atomic E-state index is 12.4. The molecule has 0 amide bonds. The van der Waals surface area contributed by atoms with E-state index in [0.29, 0.717) is 21.7 Å². The molecule has 2 aromatic carbocycles. The zero-order valence-electron chi connectivity index (χ0n) is 11.0. The van der Waals surface area contributed by atoms with Gasteiger partial charge in [0.05, 0.1) is 10.6 Å². The predicted octanol–water partition coefficient (Wildman–Crippen LogP) is 2.72. The van der Waals surface area contributed by atoms with Crippen LogP contribution >= 0.6 is 11.6 Å². The van der Waals surface area contributed by atoms with Gasteiger partial charge in [-0.3, -0.25) is 4.72 Å². The monoisotopic (exact) mass is 322 g/mol. The standard InChI is InChI=1S/C13H11ClN4O2S/c1-8-5-6-9(7-10(8)14)21(19,20)17-12-4-2-3-11-13(12)16-18-15-11/h2-7,17H,1H3,(H,15,16,18). The van der Waals surface area contributed by atoms with Crippen LogP contribution in [0.15, 0.2) is 41.3 Å². The van der Waals surface area contributed by atoms with Crippen LogP contribution in [0.1, 0.15) is 5.56 Å². The van der Waals surface area contributed by atoms with Gasteiger partial charge in [-0.15, -0.1) is 0 Å². The number of para-hydroxylation sites is 1. The summed E-state index contributed by atoms with van der Waals surface area (Å²) in [5.74, 6) is 0. The molecule has 0 aliphatic heterocycles. The number of hydrogen-bond acceptors (Lipinski definition) is 4. The number of H-pyrrole nitrogens is 1. The van der Waals surface area contributed by atoms with Crippen molar-refractivity contribution in [2.75, 3.05) is 4.72 Å². The summed E-state index contributed by atoms with van der Waals surface area (Å²) in [5.41, 5.74) is 2.21. The van der Waals surface area contributed by atoms with Gasteiger partial charge in [0.1, 0.15) is 11.0 Å². The fourth-order valence-electron chi connectivity index (χ4n) is 1.89. The molecule has 0 aliphatic rings. The third-order valence-electron chi connectivity index (χ3n) is 3.04. The number of anilines is 1. The largest absolute Gasteiger partial charge is 0.277 e. The number of aromatic amines is 1. The van der Waals surface area contributed by atoms with Crippen LogP contribution in [0.3, 0.4) is 0 Å². The second-order valence-corrected chi connectivity index (χ2v) is 6.60. The van der Waals surface area contributed by atoms with Gasteiger partial charge in [-0.2, -0.15) is 15.4 Å². The molecule has 0 spiro atoms. The number of sulfonamides is 1. The summed E-state index contributed by atoms with van der Waals surface area (Å²) in [6.45, 7) is 1.81. The number of fused-ring (bicyclic) bond motifs is 1. The Balaban J connectivity index is 2.03. The van der Waals surface area contributed by atoms with Crippen LogP contribution in [-0.4, -0.2) is 23.8 Å².